The predicted octanol–water partition coefficient (Wildman–Crippen LogP) is 2.77. The van der Waals surface area contributed by atoms with E-state index in [1.165, 1.54) is 25.7 Å². The van der Waals surface area contributed by atoms with Crippen LogP contribution in [0.2, 0.25) is 5.02 Å². The zero-order valence-corrected chi connectivity index (χ0v) is 11.9. The third-order valence-electron chi connectivity index (χ3n) is 2.56. The lowest BCUT2D eigenvalue weighted by molar-refractivity contribution is -0.119. The first-order valence-electron chi connectivity index (χ1n) is 6.02. The summed E-state index contributed by atoms with van der Waals surface area (Å²) in [7, 11) is 1.43. The van der Waals surface area contributed by atoms with Crippen molar-refractivity contribution < 1.29 is 18.7 Å². The van der Waals surface area contributed by atoms with Crippen LogP contribution >= 0.6 is 11.6 Å². The Kier molecular flexibility index (Phi) is 4.97. The SMILES string of the molecule is COCC(=O)Nc1ccc(Cl)c(NC(=O)c2ccoc2)c1. The number of methoxy groups -OCH3 is 1. The molecule has 2 amide bonds. The molecule has 0 saturated carbocycles. The molecular weight excluding hydrogens is 296 g/mol. The van der Waals surface area contributed by atoms with E-state index in [0.29, 0.717) is 22.0 Å². The molecule has 0 radical (unpaired) electrons. The minimum Gasteiger partial charge on any atom is -0.472 e. The van der Waals surface area contributed by atoms with Gasteiger partial charge in [0.25, 0.3) is 5.91 Å². The summed E-state index contributed by atoms with van der Waals surface area (Å²) in [6, 6.07) is 6.31. The van der Waals surface area contributed by atoms with Crippen LogP contribution in [-0.4, -0.2) is 25.5 Å². The van der Waals surface area contributed by atoms with Crippen LogP contribution in [0.3, 0.4) is 0 Å². The monoisotopic (exact) mass is 308 g/mol. The maximum Gasteiger partial charge on any atom is 0.258 e. The van der Waals surface area contributed by atoms with Gasteiger partial charge in [-0.05, 0) is 24.3 Å². The van der Waals surface area contributed by atoms with Gasteiger partial charge in [-0.1, -0.05) is 11.6 Å². The summed E-state index contributed by atoms with van der Waals surface area (Å²) in [5.74, 6) is -0.655. The summed E-state index contributed by atoms with van der Waals surface area (Å²) in [6.07, 6.45) is 2.73. The van der Waals surface area contributed by atoms with Gasteiger partial charge in [0.05, 0.1) is 22.5 Å². The number of rotatable bonds is 5. The molecule has 2 aromatic rings. The molecular formula is C14H13ClN2O4. The average Bonchev–Trinajstić information content (AvgIpc) is 2.97. The summed E-state index contributed by atoms with van der Waals surface area (Å²) < 4.78 is 9.57. The van der Waals surface area contributed by atoms with E-state index in [-0.39, 0.29) is 18.4 Å². The number of amides is 2. The summed E-state index contributed by atoms with van der Waals surface area (Å²) in [6.45, 7) is -0.0562. The molecule has 7 heteroatoms. The van der Waals surface area contributed by atoms with E-state index in [0.717, 1.165) is 0 Å². The number of benzene rings is 1. The number of carbonyl (C=O) groups is 2. The fourth-order valence-corrected chi connectivity index (χ4v) is 1.78. The van der Waals surface area contributed by atoms with Crippen molar-refractivity contribution in [3.63, 3.8) is 0 Å². The number of anilines is 2. The topological polar surface area (TPSA) is 80.6 Å². The second-order valence-corrected chi connectivity index (χ2v) is 4.55. The Balaban J connectivity index is 2.12. The summed E-state index contributed by atoms with van der Waals surface area (Å²) >= 11 is 6.02. The quantitative estimate of drug-likeness (QED) is 0.890. The summed E-state index contributed by atoms with van der Waals surface area (Å²) in [5, 5.41) is 5.63. The zero-order chi connectivity index (χ0) is 15.2. The van der Waals surface area contributed by atoms with Crippen molar-refractivity contribution in [3.05, 3.63) is 47.4 Å². The smallest absolute Gasteiger partial charge is 0.258 e. The normalized spacial score (nSPS) is 10.2. The van der Waals surface area contributed by atoms with Crippen LogP contribution in [-0.2, 0) is 9.53 Å². The first-order valence-corrected chi connectivity index (χ1v) is 6.40. The second kappa shape index (κ2) is 6.92. The molecule has 0 aliphatic carbocycles. The third kappa shape index (κ3) is 4.08. The van der Waals surface area contributed by atoms with Crippen molar-refractivity contribution in [1.82, 2.24) is 0 Å². The first-order chi connectivity index (χ1) is 10.1. The van der Waals surface area contributed by atoms with Crippen molar-refractivity contribution >= 4 is 34.8 Å². The molecule has 1 heterocycles. The highest BCUT2D eigenvalue weighted by Gasteiger charge is 2.11. The van der Waals surface area contributed by atoms with E-state index in [4.69, 9.17) is 20.8 Å². The van der Waals surface area contributed by atoms with Gasteiger partial charge in [-0.25, -0.2) is 0 Å². The highest BCUT2D eigenvalue weighted by Crippen LogP contribution is 2.26. The van der Waals surface area contributed by atoms with Crippen molar-refractivity contribution in [2.24, 2.45) is 0 Å². The standard InChI is InChI=1S/C14H13ClN2O4/c1-20-8-13(18)16-10-2-3-11(15)12(6-10)17-14(19)9-4-5-21-7-9/h2-7H,8H2,1H3,(H,16,18)(H,17,19). The molecule has 1 aromatic carbocycles. The molecule has 0 bridgehead atoms. The lowest BCUT2D eigenvalue weighted by Gasteiger charge is -2.10. The van der Waals surface area contributed by atoms with E-state index >= 15 is 0 Å². The van der Waals surface area contributed by atoms with Gasteiger partial charge < -0.3 is 19.8 Å². The zero-order valence-electron chi connectivity index (χ0n) is 11.2. The number of furan rings is 1. The maximum absolute atomic E-state index is 11.9. The van der Waals surface area contributed by atoms with Crippen molar-refractivity contribution in [2.75, 3.05) is 24.4 Å². The lowest BCUT2D eigenvalue weighted by atomic mass is 10.2. The Bertz CT molecular complexity index is 640. The van der Waals surface area contributed by atoms with Crippen LogP contribution in [0.4, 0.5) is 11.4 Å². The molecule has 0 aliphatic rings. The number of hydrogen-bond donors (Lipinski definition) is 2. The second-order valence-electron chi connectivity index (χ2n) is 4.14. The Hall–Kier alpha value is -2.31. The summed E-state index contributed by atoms with van der Waals surface area (Å²) in [5.41, 5.74) is 1.27. The molecule has 0 spiro atoms. The molecule has 0 aliphatic heterocycles. The Morgan fingerprint density at radius 2 is 2.10 bits per heavy atom. The number of nitrogens with one attached hydrogen (secondary N) is 2. The van der Waals surface area contributed by atoms with E-state index < -0.39 is 0 Å². The maximum atomic E-state index is 11.9. The highest BCUT2D eigenvalue weighted by molar-refractivity contribution is 6.34. The Morgan fingerprint density at radius 1 is 1.29 bits per heavy atom. The van der Waals surface area contributed by atoms with E-state index in [2.05, 4.69) is 10.6 Å². The van der Waals surface area contributed by atoms with E-state index in [1.807, 2.05) is 0 Å². The molecule has 0 unspecified atom stereocenters. The van der Waals surface area contributed by atoms with Gasteiger partial charge >= 0.3 is 0 Å². The fourth-order valence-electron chi connectivity index (χ4n) is 1.62. The number of halogens is 1. The minimum atomic E-state index is -0.356. The number of carbonyl (C=O) groups excluding carboxylic acids is 2. The lowest BCUT2D eigenvalue weighted by Crippen LogP contribution is -2.17. The molecule has 2 rings (SSSR count). The highest BCUT2D eigenvalue weighted by atomic mass is 35.5. The summed E-state index contributed by atoms with van der Waals surface area (Å²) in [4.78, 5) is 23.4. The Labute approximate surface area is 126 Å². The van der Waals surface area contributed by atoms with Crippen LogP contribution in [0.25, 0.3) is 0 Å². The van der Waals surface area contributed by atoms with Gasteiger partial charge in [-0.3, -0.25) is 9.59 Å². The molecule has 1 aromatic heterocycles. The van der Waals surface area contributed by atoms with Gasteiger partial charge in [0.1, 0.15) is 12.9 Å². The van der Waals surface area contributed by atoms with Crippen molar-refractivity contribution in [2.45, 2.75) is 0 Å². The molecule has 2 N–H and O–H groups in total. The fraction of sp³-hybridized carbons (Fsp3) is 0.143. The third-order valence-corrected chi connectivity index (χ3v) is 2.89. The molecule has 0 saturated heterocycles. The van der Waals surface area contributed by atoms with E-state index in [9.17, 15) is 9.59 Å². The van der Waals surface area contributed by atoms with Gasteiger partial charge in [0.15, 0.2) is 0 Å². The molecule has 21 heavy (non-hydrogen) atoms. The number of ether oxygens (including phenoxy) is 1. The minimum absolute atomic E-state index is 0.0562. The van der Waals surface area contributed by atoms with Crippen LogP contribution in [0, 0.1) is 0 Å². The van der Waals surface area contributed by atoms with E-state index in [1.54, 1.807) is 18.2 Å². The molecule has 110 valence electrons. The van der Waals surface area contributed by atoms with Crippen molar-refractivity contribution in [3.8, 4) is 0 Å². The van der Waals surface area contributed by atoms with Crippen LogP contribution in [0.1, 0.15) is 10.4 Å². The number of hydrogen-bond acceptors (Lipinski definition) is 4. The van der Waals surface area contributed by atoms with Gasteiger partial charge in [-0.15, -0.1) is 0 Å². The largest absolute Gasteiger partial charge is 0.472 e. The average molecular weight is 309 g/mol. The van der Waals surface area contributed by atoms with Gasteiger partial charge in [0.2, 0.25) is 5.91 Å². The molecule has 6 nitrogen and oxygen atoms in total. The first kappa shape index (κ1) is 15.1. The Morgan fingerprint density at radius 3 is 2.76 bits per heavy atom. The van der Waals surface area contributed by atoms with Crippen LogP contribution in [0.15, 0.2) is 41.2 Å². The van der Waals surface area contributed by atoms with Gasteiger partial charge in [0, 0.05) is 12.8 Å². The van der Waals surface area contributed by atoms with Crippen LogP contribution < -0.4 is 10.6 Å². The molecule has 0 atom stereocenters. The van der Waals surface area contributed by atoms with Crippen molar-refractivity contribution in [1.29, 1.82) is 0 Å². The van der Waals surface area contributed by atoms with Crippen LogP contribution in [0.5, 0.6) is 0 Å². The molecule has 0 fully saturated rings. The van der Waals surface area contributed by atoms with Gasteiger partial charge in [-0.2, -0.15) is 0 Å². The predicted molar refractivity (Wildman–Crippen MR) is 78.6 cm³/mol.